The Morgan fingerprint density at radius 2 is 1.77 bits per heavy atom. The number of nitrogens with zero attached hydrogens (tertiary/aromatic N) is 2. The van der Waals surface area contributed by atoms with E-state index in [1.165, 1.54) is 12.1 Å². The lowest BCUT2D eigenvalue weighted by Crippen LogP contribution is -2.27. The largest absolute Gasteiger partial charge is 0.364 e. The van der Waals surface area contributed by atoms with Crippen molar-refractivity contribution in [1.29, 1.82) is 0 Å². The van der Waals surface area contributed by atoms with Crippen molar-refractivity contribution in [2.75, 3.05) is 5.32 Å². The van der Waals surface area contributed by atoms with E-state index >= 15 is 0 Å². The van der Waals surface area contributed by atoms with Crippen molar-refractivity contribution in [2.24, 2.45) is 0 Å². The highest BCUT2D eigenvalue weighted by Crippen LogP contribution is 2.11. The standard InChI is InChI=1S/C16H19FN4O/c1-16(2,3)19-14-9-8-13(20-21-14)15(22)18-10-11-4-6-12(17)7-5-11/h4-9H,10H2,1-3H3,(H,18,22)(H,19,21). The maximum absolute atomic E-state index is 12.8. The van der Waals surface area contributed by atoms with Crippen LogP contribution in [0, 0.1) is 5.82 Å². The second kappa shape index (κ2) is 6.51. The molecule has 0 unspecified atom stereocenters. The molecule has 1 amide bonds. The molecule has 116 valence electrons. The maximum atomic E-state index is 12.8. The average molecular weight is 302 g/mol. The molecule has 0 spiro atoms. The van der Waals surface area contributed by atoms with Crippen molar-refractivity contribution in [3.8, 4) is 0 Å². The SMILES string of the molecule is CC(C)(C)Nc1ccc(C(=O)NCc2ccc(F)cc2)nn1. The van der Waals surface area contributed by atoms with Crippen LogP contribution >= 0.6 is 0 Å². The molecule has 0 bridgehead atoms. The molecule has 0 aliphatic rings. The first kappa shape index (κ1) is 15.9. The number of carbonyl (C=O) groups is 1. The highest BCUT2D eigenvalue weighted by atomic mass is 19.1. The van der Waals surface area contributed by atoms with E-state index in [1.54, 1.807) is 24.3 Å². The highest BCUT2D eigenvalue weighted by molar-refractivity contribution is 5.92. The Balaban J connectivity index is 1.93. The molecule has 1 aromatic heterocycles. The predicted molar refractivity (Wildman–Crippen MR) is 83.0 cm³/mol. The molecule has 1 heterocycles. The summed E-state index contributed by atoms with van der Waals surface area (Å²) < 4.78 is 12.8. The topological polar surface area (TPSA) is 66.9 Å². The van der Waals surface area contributed by atoms with Crippen LogP contribution in [0.3, 0.4) is 0 Å². The van der Waals surface area contributed by atoms with Crippen molar-refractivity contribution < 1.29 is 9.18 Å². The lowest BCUT2D eigenvalue weighted by Gasteiger charge is -2.20. The van der Waals surface area contributed by atoms with Gasteiger partial charge in [-0.1, -0.05) is 12.1 Å². The Labute approximate surface area is 129 Å². The van der Waals surface area contributed by atoms with E-state index in [9.17, 15) is 9.18 Å². The van der Waals surface area contributed by atoms with Crippen LogP contribution in [0.4, 0.5) is 10.2 Å². The van der Waals surface area contributed by atoms with E-state index in [4.69, 9.17) is 0 Å². The Morgan fingerprint density at radius 1 is 1.09 bits per heavy atom. The van der Waals surface area contributed by atoms with Gasteiger partial charge in [0.1, 0.15) is 11.6 Å². The number of aromatic nitrogens is 2. The summed E-state index contributed by atoms with van der Waals surface area (Å²) in [6, 6.07) is 9.28. The molecule has 0 saturated heterocycles. The molecule has 6 heteroatoms. The second-order valence-corrected chi connectivity index (χ2v) is 5.99. The van der Waals surface area contributed by atoms with E-state index < -0.39 is 0 Å². The van der Waals surface area contributed by atoms with Crippen LogP contribution in [0.2, 0.25) is 0 Å². The number of benzene rings is 1. The molecule has 0 radical (unpaired) electrons. The Morgan fingerprint density at radius 3 is 2.32 bits per heavy atom. The summed E-state index contributed by atoms with van der Waals surface area (Å²) in [7, 11) is 0. The van der Waals surface area contributed by atoms with E-state index in [0.717, 1.165) is 5.56 Å². The number of hydrogen-bond donors (Lipinski definition) is 2. The summed E-state index contributed by atoms with van der Waals surface area (Å²) in [5.74, 6) is -0.00963. The van der Waals surface area contributed by atoms with Crippen LogP contribution < -0.4 is 10.6 Å². The van der Waals surface area contributed by atoms with Crippen molar-refractivity contribution in [2.45, 2.75) is 32.9 Å². The van der Waals surface area contributed by atoms with Crippen LogP contribution in [-0.4, -0.2) is 21.6 Å². The molecule has 0 aliphatic carbocycles. The summed E-state index contributed by atoms with van der Waals surface area (Å²) in [5.41, 5.74) is 0.927. The summed E-state index contributed by atoms with van der Waals surface area (Å²) >= 11 is 0. The van der Waals surface area contributed by atoms with Gasteiger partial charge in [-0.3, -0.25) is 4.79 Å². The number of amides is 1. The van der Waals surface area contributed by atoms with Gasteiger partial charge < -0.3 is 10.6 Å². The monoisotopic (exact) mass is 302 g/mol. The zero-order chi connectivity index (χ0) is 16.2. The van der Waals surface area contributed by atoms with Gasteiger partial charge in [-0.2, -0.15) is 0 Å². The van der Waals surface area contributed by atoms with Gasteiger partial charge in [-0.05, 0) is 50.6 Å². The molecule has 0 aliphatic heterocycles. The smallest absolute Gasteiger partial charge is 0.272 e. The fraction of sp³-hybridized carbons (Fsp3) is 0.312. The number of anilines is 1. The maximum Gasteiger partial charge on any atom is 0.272 e. The molecular weight excluding hydrogens is 283 g/mol. The number of halogens is 1. The quantitative estimate of drug-likeness (QED) is 0.911. The van der Waals surface area contributed by atoms with Crippen molar-refractivity contribution in [3.05, 3.63) is 53.5 Å². The molecule has 1 aromatic carbocycles. The Hall–Kier alpha value is -2.50. The van der Waals surface area contributed by atoms with Gasteiger partial charge in [0.25, 0.3) is 5.91 Å². The third-order valence-electron chi connectivity index (χ3n) is 2.77. The van der Waals surface area contributed by atoms with Crippen molar-refractivity contribution in [3.63, 3.8) is 0 Å². The van der Waals surface area contributed by atoms with Gasteiger partial charge in [-0.25, -0.2) is 4.39 Å². The van der Waals surface area contributed by atoms with Gasteiger partial charge in [0.15, 0.2) is 5.69 Å². The average Bonchev–Trinajstić information content (AvgIpc) is 2.45. The molecule has 2 rings (SSSR count). The normalized spacial score (nSPS) is 11.1. The van der Waals surface area contributed by atoms with Crippen molar-refractivity contribution >= 4 is 11.7 Å². The van der Waals surface area contributed by atoms with Gasteiger partial charge in [0, 0.05) is 12.1 Å². The number of carbonyl (C=O) groups excluding carboxylic acids is 1. The van der Waals surface area contributed by atoms with Crippen LogP contribution in [0.25, 0.3) is 0 Å². The zero-order valence-electron chi connectivity index (χ0n) is 12.9. The summed E-state index contributed by atoms with van der Waals surface area (Å²) in [4.78, 5) is 12.0. The first-order chi connectivity index (χ1) is 10.3. The highest BCUT2D eigenvalue weighted by Gasteiger charge is 2.12. The van der Waals surface area contributed by atoms with Crippen LogP contribution in [0.1, 0.15) is 36.8 Å². The molecule has 0 atom stereocenters. The first-order valence-electron chi connectivity index (χ1n) is 6.98. The summed E-state index contributed by atoms with van der Waals surface area (Å²) in [6.07, 6.45) is 0. The second-order valence-electron chi connectivity index (χ2n) is 5.99. The molecule has 22 heavy (non-hydrogen) atoms. The zero-order valence-corrected chi connectivity index (χ0v) is 12.9. The van der Waals surface area contributed by atoms with Gasteiger partial charge in [0.2, 0.25) is 0 Å². The molecule has 0 fully saturated rings. The Bertz CT molecular complexity index is 633. The van der Waals surface area contributed by atoms with Gasteiger partial charge in [-0.15, -0.1) is 10.2 Å². The van der Waals surface area contributed by atoms with E-state index in [2.05, 4.69) is 20.8 Å². The van der Waals surface area contributed by atoms with E-state index in [-0.39, 0.29) is 23.0 Å². The summed E-state index contributed by atoms with van der Waals surface area (Å²) in [5, 5.41) is 13.8. The van der Waals surface area contributed by atoms with Gasteiger partial charge >= 0.3 is 0 Å². The van der Waals surface area contributed by atoms with Gasteiger partial charge in [0.05, 0.1) is 0 Å². The molecule has 0 saturated carbocycles. The van der Waals surface area contributed by atoms with Crippen LogP contribution in [0.5, 0.6) is 0 Å². The third kappa shape index (κ3) is 4.80. The van der Waals surface area contributed by atoms with Crippen molar-refractivity contribution in [1.82, 2.24) is 15.5 Å². The number of nitrogens with one attached hydrogen (secondary N) is 2. The third-order valence-corrected chi connectivity index (χ3v) is 2.77. The minimum Gasteiger partial charge on any atom is -0.364 e. The molecule has 2 N–H and O–H groups in total. The fourth-order valence-corrected chi connectivity index (χ4v) is 1.78. The van der Waals surface area contributed by atoms with E-state index in [0.29, 0.717) is 12.4 Å². The number of rotatable bonds is 4. The molecular formula is C16H19FN4O. The lowest BCUT2D eigenvalue weighted by molar-refractivity contribution is 0.0945. The van der Waals surface area contributed by atoms with Crippen LogP contribution in [0.15, 0.2) is 36.4 Å². The fourth-order valence-electron chi connectivity index (χ4n) is 1.78. The Kier molecular flexibility index (Phi) is 4.70. The molecule has 5 nitrogen and oxygen atoms in total. The minimum absolute atomic E-state index is 0.124. The van der Waals surface area contributed by atoms with Crippen LogP contribution in [-0.2, 0) is 6.54 Å². The first-order valence-corrected chi connectivity index (χ1v) is 6.98. The summed E-state index contributed by atoms with van der Waals surface area (Å²) in [6.45, 7) is 6.34. The minimum atomic E-state index is -0.320. The predicted octanol–water partition coefficient (Wildman–Crippen LogP) is 2.76. The lowest BCUT2D eigenvalue weighted by atomic mass is 10.1. The van der Waals surface area contributed by atoms with E-state index in [1.807, 2.05) is 20.8 Å². The number of hydrogen-bond acceptors (Lipinski definition) is 4. The molecule has 2 aromatic rings.